The number of hydrogen-bond donors (Lipinski definition) is 0. The quantitative estimate of drug-likeness (QED) is 0.480. The summed E-state index contributed by atoms with van der Waals surface area (Å²) < 4.78 is 0. The van der Waals surface area contributed by atoms with Crippen LogP contribution in [0.25, 0.3) is 0 Å². The van der Waals surface area contributed by atoms with Crippen LogP contribution in [0.5, 0.6) is 0 Å². The summed E-state index contributed by atoms with van der Waals surface area (Å²) in [7, 11) is 3.75. The molecule has 12 heavy (non-hydrogen) atoms. The van der Waals surface area contributed by atoms with Gasteiger partial charge in [-0.3, -0.25) is 4.99 Å². The van der Waals surface area contributed by atoms with Crippen molar-refractivity contribution >= 4 is 12.0 Å². The summed E-state index contributed by atoms with van der Waals surface area (Å²) in [5.74, 6) is 0. The zero-order chi connectivity index (χ0) is 8.97. The van der Waals surface area contributed by atoms with Gasteiger partial charge in [-0.05, 0) is 19.1 Å². The second-order valence-electron chi connectivity index (χ2n) is 2.82. The topological polar surface area (TPSA) is 15.6 Å². The Morgan fingerprint density at radius 2 is 1.83 bits per heavy atom. The monoisotopic (exact) mass is 162 g/mol. The molecule has 0 atom stereocenters. The molecule has 0 aliphatic heterocycles. The molecule has 0 aromatic heterocycles. The maximum absolute atomic E-state index is 3.94. The minimum absolute atomic E-state index is 1.16. The number of rotatable bonds is 2. The number of anilines is 1. The summed E-state index contributed by atoms with van der Waals surface area (Å²) in [4.78, 5) is 5.92. The van der Waals surface area contributed by atoms with Gasteiger partial charge in [0.25, 0.3) is 0 Å². The van der Waals surface area contributed by atoms with Crippen molar-refractivity contribution in [2.24, 2.45) is 4.99 Å². The highest BCUT2D eigenvalue weighted by molar-refractivity contribution is 5.78. The molecule has 1 aromatic carbocycles. The average molecular weight is 162 g/mol. The van der Waals surface area contributed by atoms with E-state index in [9.17, 15) is 0 Å². The Hall–Kier alpha value is -1.31. The van der Waals surface area contributed by atoms with Crippen LogP contribution in [0.3, 0.4) is 0 Å². The molecular formula is C10H14N2. The largest absolute Gasteiger partial charge is 0.336 e. The maximum Gasteiger partial charge on any atom is 0.0888 e. The van der Waals surface area contributed by atoms with E-state index in [1.54, 1.807) is 13.4 Å². The van der Waals surface area contributed by atoms with E-state index in [1.165, 1.54) is 5.56 Å². The Morgan fingerprint density at radius 1 is 1.25 bits per heavy atom. The molecule has 0 amide bonds. The molecule has 0 unspecified atom stereocenters. The Balaban J connectivity index is 2.82. The fourth-order valence-corrected chi connectivity index (χ4v) is 1.02. The van der Waals surface area contributed by atoms with E-state index in [0.29, 0.717) is 0 Å². The van der Waals surface area contributed by atoms with Gasteiger partial charge in [-0.25, -0.2) is 0 Å². The molecule has 2 heteroatoms. The van der Waals surface area contributed by atoms with Crippen LogP contribution in [0.15, 0.2) is 29.3 Å². The number of nitrogens with zero attached hydrogens (tertiary/aromatic N) is 2. The zero-order valence-corrected chi connectivity index (χ0v) is 7.78. The second-order valence-corrected chi connectivity index (χ2v) is 2.82. The third-order valence-electron chi connectivity index (χ3n) is 1.73. The van der Waals surface area contributed by atoms with Gasteiger partial charge < -0.3 is 4.90 Å². The molecule has 0 saturated heterocycles. The van der Waals surface area contributed by atoms with Gasteiger partial charge in [-0.1, -0.05) is 17.7 Å². The normalized spacial score (nSPS) is 10.6. The van der Waals surface area contributed by atoms with Crippen molar-refractivity contribution in [3.05, 3.63) is 29.8 Å². The van der Waals surface area contributed by atoms with Gasteiger partial charge in [0, 0.05) is 19.8 Å². The van der Waals surface area contributed by atoms with Crippen LogP contribution >= 0.6 is 0 Å². The first-order valence-electron chi connectivity index (χ1n) is 3.96. The number of aryl methyl sites for hydroxylation is 1. The first-order chi connectivity index (χ1) is 5.74. The molecule has 0 spiro atoms. The SMILES string of the molecule is CN=CN(C)c1ccc(C)cc1. The van der Waals surface area contributed by atoms with E-state index in [1.807, 2.05) is 11.9 Å². The van der Waals surface area contributed by atoms with Gasteiger partial charge in [0.1, 0.15) is 0 Å². The third kappa shape index (κ3) is 2.09. The number of benzene rings is 1. The molecule has 64 valence electrons. The number of hydrogen-bond acceptors (Lipinski definition) is 1. The first kappa shape index (κ1) is 8.78. The van der Waals surface area contributed by atoms with Crippen LogP contribution in [-0.2, 0) is 0 Å². The Bertz CT molecular complexity index is 262. The Morgan fingerprint density at radius 3 is 2.33 bits per heavy atom. The van der Waals surface area contributed by atoms with Crippen LogP contribution in [0.1, 0.15) is 5.56 Å². The van der Waals surface area contributed by atoms with Crippen molar-refractivity contribution in [1.82, 2.24) is 0 Å². The van der Waals surface area contributed by atoms with Crippen molar-refractivity contribution in [1.29, 1.82) is 0 Å². The molecule has 0 fully saturated rings. The van der Waals surface area contributed by atoms with Crippen molar-refractivity contribution < 1.29 is 0 Å². The lowest BCUT2D eigenvalue weighted by Crippen LogP contribution is -2.13. The summed E-state index contributed by atoms with van der Waals surface area (Å²) in [6.45, 7) is 2.08. The van der Waals surface area contributed by atoms with Crippen molar-refractivity contribution in [3.63, 3.8) is 0 Å². The second kappa shape index (κ2) is 3.90. The lowest BCUT2D eigenvalue weighted by atomic mass is 10.2. The van der Waals surface area contributed by atoms with E-state index in [0.717, 1.165) is 5.69 Å². The highest BCUT2D eigenvalue weighted by Gasteiger charge is 1.94. The van der Waals surface area contributed by atoms with Crippen LogP contribution in [0.2, 0.25) is 0 Å². The van der Waals surface area contributed by atoms with Crippen molar-refractivity contribution in [2.45, 2.75) is 6.92 Å². The van der Waals surface area contributed by atoms with E-state index in [4.69, 9.17) is 0 Å². The standard InChI is InChI=1S/C10H14N2/c1-9-4-6-10(7-5-9)12(3)8-11-2/h4-8H,1-3H3. The maximum atomic E-state index is 3.94. The summed E-state index contributed by atoms with van der Waals surface area (Å²) >= 11 is 0. The van der Waals surface area contributed by atoms with Gasteiger partial charge in [0.2, 0.25) is 0 Å². The van der Waals surface area contributed by atoms with Crippen molar-refractivity contribution in [3.8, 4) is 0 Å². The van der Waals surface area contributed by atoms with Crippen molar-refractivity contribution in [2.75, 3.05) is 19.0 Å². The van der Waals surface area contributed by atoms with Gasteiger partial charge in [0.15, 0.2) is 0 Å². The fourth-order valence-electron chi connectivity index (χ4n) is 1.02. The predicted octanol–water partition coefficient (Wildman–Crippen LogP) is 2.09. The molecule has 0 saturated carbocycles. The van der Waals surface area contributed by atoms with Crippen LogP contribution in [0.4, 0.5) is 5.69 Å². The minimum Gasteiger partial charge on any atom is -0.336 e. The molecule has 0 radical (unpaired) electrons. The zero-order valence-electron chi connectivity index (χ0n) is 7.78. The lowest BCUT2D eigenvalue weighted by Gasteiger charge is -2.12. The molecule has 2 nitrogen and oxygen atoms in total. The smallest absolute Gasteiger partial charge is 0.0888 e. The molecule has 1 rings (SSSR count). The van der Waals surface area contributed by atoms with Crippen LogP contribution in [-0.4, -0.2) is 20.4 Å². The molecule has 0 heterocycles. The van der Waals surface area contributed by atoms with Crippen LogP contribution in [0, 0.1) is 6.92 Å². The molecule has 1 aromatic rings. The highest BCUT2D eigenvalue weighted by atomic mass is 15.1. The van der Waals surface area contributed by atoms with Gasteiger partial charge in [-0.15, -0.1) is 0 Å². The molecular weight excluding hydrogens is 148 g/mol. The predicted molar refractivity (Wildman–Crippen MR) is 54.0 cm³/mol. The highest BCUT2D eigenvalue weighted by Crippen LogP contribution is 2.11. The number of aliphatic imine (C=N–C) groups is 1. The van der Waals surface area contributed by atoms with Gasteiger partial charge >= 0.3 is 0 Å². The van der Waals surface area contributed by atoms with E-state index in [-0.39, 0.29) is 0 Å². The summed E-state index contributed by atoms with van der Waals surface area (Å²) in [6.07, 6.45) is 1.80. The Labute approximate surface area is 73.5 Å². The molecule has 0 aliphatic rings. The minimum atomic E-state index is 1.16. The first-order valence-corrected chi connectivity index (χ1v) is 3.96. The summed E-state index contributed by atoms with van der Waals surface area (Å²) in [5, 5.41) is 0. The fraction of sp³-hybridized carbons (Fsp3) is 0.300. The summed E-state index contributed by atoms with van der Waals surface area (Å²) in [6, 6.07) is 8.35. The molecule has 0 bridgehead atoms. The Kier molecular flexibility index (Phi) is 2.86. The van der Waals surface area contributed by atoms with Gasteiger partial charge in [-0.2, -0.15) is 0 Å². The lowest BCUT2D eigenvalue weighted by molar-refractivity contribution is 1.26. The summed E-state index contributed by atoms with van der Waals surface area (Å²) in [5.41, 5.74) is 2.44. The molecule has 0 aliphatic carbocycles. The van der Waals surface area contributed by atoms with E-state index >= 15 is 0 Å². The average Bonchev–Trinajstić information content (AvgIpc) is 2.06. The van der Waals surface area contributed by atoms with Crippen LogP contribution < -0.4 is 4.90 Å². The van der Waals surface area contributed by atoms with E-state index in [2.05, 4.69) is 36.2 Å². The van der Waals surface area contributed by atoms with Gasteiger partial charge in [0.05, 0.1) is 6.34 Å². The molecule has 0 N–H and O–H groups in total. The third-order valence-corrected chi connectivity index (χ3v) is 1.73. The van der Waals surface area contributed by atoms with E-state index < -0.39 is 0 Å².